The van der Waals surface area contributed by atoms with E-state index >= 15 is 0 Å². The lowest BCUT2D eigenvalue weighted by atomic mass is 9.97. The molecule has 1 amide bonds. The molecule has 1 atom stereocenters. The zero-order valence-electron chi connectivity index (χ0n) is 15.7. The van der Waals surface area contributed by atoms with Crippen LogP contribution in [-0.4, -0.2) is 32.2 Å². The van der Waals surface area contributed by atoms with Crippen molar-refractivity contribution in [3.63, 3.8) is 0 Å². The number of aromatic nitrogens is 2. The van der Waals surface area contributed by atoms with Gasteiger partial charge in [0, 0.05) is 17.1 Å². The van der Waals surface area contributed by atoms with Gasteiger partial charge in [0.1, 0.15) is 18.0 Å². The molecule has 1 aromatic carbocycles. The van der Waals surface area contributed by atoms with Gasteiger partial charge >= 0.3 is 0 Å². The van der Waals surface area contributed by atoms with Crippen molar-refractivity contribution in [1.82, 2.24) is 14.9 Å². The minimum atomic E-state index is -0.530. The predicted octanol–water partition coefficient (Wildman–Crippen LogP) is 3.51. The molecule has 0 saturated carbocycles. The zero-order valence-corrected chi connectivity index (χ0v) is 15.7. The van der Waals surface area contributed by atoms with Crippen LogP contribution >= 0.6 is 0 Å². The Kier molecular flexibility index (Phi) is 5.28. The highest BCUT2D eigenvalue weighted by Crippen LogP contribution is 2.27. The van der Waals surface area contributed by atoms with E-state index in [1.165, 1.54) is 12.1 Å². The van der Waals surface area contributed by atoms with Crippen molar-refractivity contribution in [2.45, 2.75) is 45.4 Å². The number of benzene rings is 1. The summed E-state index contributed by atoms with van der Waals surface area (Å²) in [7, 11) is 0. The Balaban J connectivity index is 1.94. The zero-order chi connectivity index (χ0) is 19.6. The molecule has 0 unspecified atom stereocenters. The third-order valence-electron chi connectivity index (χ3n) is 4.38. The number of rotatable bonds is 6. The molecule has 0 fully saturated rings. The van der Waals surface area contributed by atoms with Gasteiger partial charge in [-0.2, -0.15) is 0 Å². The molecule has 3 aromatic rings. The van der Waals surface area contributed by atoms with Crippen LogP contribution in [0.4, 0.5) is 4.39 Å². The van der Waals surface area contributed by atoms with Gasteiger partial charge in [0.2, 0.25) is 5.91 Å². The number of aliphatic hydroxyl groups excluding tert-OH is 1. The molecule has 142 valence electrons. The van der Waals surface area contributed by atoms with E-state index in [1.54, 1.807) is 25.3 Å². The van der Waals surface area contributed by atoms with E-state index in [9.17, 15) is 14.3 Å². The summed E-state index contributed by atoms with van der Waals surface area (Å²) < 4.78 is 15.1. The minimum absolute atomic E-state index is 0.0798. The van der Waals surface area contributed by atoms with Crippen LogP contribution in [0.1, 0.15) is 27.2 Å². The van der Waals surface area contributed by atoms with Gasteiger partial charge in [-0.15, -0.1) is 0 Å². The van der Waals surface area contributed by atoms with Gasteiger partial charge < -0.3 is 15.0 Å². The van der Waals surface area contributed by atoms with E-state index in [2.05, 4.69) is 10.3 Å². The number of nitrogens with one attached hydrogen (secondary N) is 1. The summed E-state index contributed by atoms with van der Waals surface area (Å²) in [5.74, 6) is -0.482. The SMILES string of the molecule is C[C@@H](O)CC(C)(C)NC(=O)Cn1c(-c2ccc(F)cc2)cc2cccnc21. The fourth-order valence-electron chi connectivity index (χ4n) is 3.46. The maximum atomic E-state index is 13.3. The lowest BCUT2D eigenvalue weighted by Gasteiger charge is -2.28. The Morgan fingerprint density at radius 1 is 1.30 bits per heavy atom. The van der Waals surface area contributed by atoms with Gasteiger partial charge in [-0.25, -0.2) is 9.37 Å². The van der Waals surface area contributed by atoms with Crippen LogP contribution in [0.3, 0.4) is 0 Å². The first-order chi connectivity index (χ1) is 12.7. The van der Waals surface area contributed by atoms with E-state index in [0.29, 0.717) is 12.1 Å². The lowest BCUT2D eigenvalue weighted by molar-refractivity contribution is -0.123. The number of halogens is 1. The molecular formula is C21H24FN3O2. The molecule has 0 radical (unpaired) electrons. The second-order valence-electron chi connectivity index (χ2n) is 7.52. The highest BCUT2D eigenvalue weighted by Gasteiger charge is 2.23. The number of hydrogen-bond donors (Lipinski definition) is 2. The Morgan fingerprint density at radius 3 is 2.67 bits per heavy atom. The van der Waals surface area contributed by atoms with Crippen molar-refractivity contribution in [3.8, 4) is 11.3 Å². The van der Waals surface area contributed by atoms with Gasteiger partial charge in [-0.3, -0.25) is 4.79 Å². The molecule has 2 aromatic heterocycles. The molecule has 0 spiro atoms. The number of carbonyl (C=O) groups is 1. The Bertz CT molecular complexity index is 946. The monoisotopic (exact) mass is 369 g/mol. The highest BCUT2D eigenvalue weighted by atomic mass is 19.1. The Labute approximate surface area is 157 Å². The van der Waals surface area contributed by atoms with Crippen molar-refractivity contribution in [2.75, 3.05) is 0 Å². The first-order valence-corrected chi connectivity index (χ1v) is 8.94. The molecule has 2 heterocycles. The smallest absolute Gasteiger partial charge is 0.240 e. The average molecular weight is 369 g/mol. The van der Waals surface area contributed by atoms with Crippen molar-refractivity contribution in [1.29, 1.82) is 0 Å². The molecule has 27 heavy (non-hydrogen) atoms. The third kappa shape index (κ3) is 4.52. The van der Waals surface area contributed by atoms with Gasteiger partial charge in [0.15, 0.2) is 0 Å². The number of aliphatic hydroxyl groups is 1. The summed E-state index contributed by atoms with van der Waals surface area (Å²) in [6.07, 6.45) is 1.63. The molecule has 0 bridgehead atoms. The number of fused-ring (bicyclic) bond motifs is 1. The molecule has 0 aliphatic carbocycles. The maximum Gasteiger partial charge on any atom is 0.240 e. The summed E-state index contributed by atoms with van der Waals surface area (Å²) in [6, 6.07) is 11.9. The molecule has 3 rings (SSSR count). The van der Waals surface area contributed by atoms with Crippen molar-refractivity contribution >= 4 is 16.9 Å². The average Bonchev–Trinajstić information content (AvgIpc) is 2.92. The Morgan fingerprint density at radius 2 is 2.00 bits per heavy atom. The maximum absolute atomic E-state index is 13.3. The minimum Gasteiger partial charge on any atom is -0.393 e. The number of carbonyl (C=O) groups excluding carboxylic acids is 1. The fourth-order valence-corrected chi connectivity index (χ4v) is 3.46. The van der Waals surface area contributed by atoms with Gasteiger partial charge in [-0.1, -0.05) is 0 Å². The summed E-state index contributed by atoms with van der Waals surface area (Å²) >= 11 is 0. The molecule has 6 heteroatoms. The third-order valence-corrected chi connectivity index (χ3v) is 4.38. The standard InChI is InChI=1S/C21H24FN3O2/c1-14(26)12-21(2,3)24-19(27)13-25-18(15-6-8-17(22)9-7-15)11-16-5-4-10-23-20(16)25/h4-11,14,26H,12-13H2,1-3H3,(H,24,27)/t14-/m1/s1. The van der Waals surface area contributed by atoms with Crippen molar-refractivity contribution in [3.05, 3.63) is 54.5 Å². The number of nitrogens with zero attached hydrogens (tertiary/aromatic N) is 2. The van der Waals surface area contributed by atoms with Crippen LogP contribution in [0.2, 0.25) is 0 Å². The van der Waals surface area contributed by atoms with E-state index in [1.807, 2.05) is 36.6 Å². The van der Waals surface area contributed by atoms with Crippen LogP contribution in [0.5, 0.6) is 0 Å². The van der Waals surface area contributed by atoms with Gasteiger partial charge in [0.25, 0.3) is 0 Å². The van der Waals surface area contributed by atoms with Crippen LogP contribution in [0.15, 0.2) is 48.7 Å². The van der Waals surface area contributed by atoms with E-state index < -0.39 is 11.6 Å². The van der Waals surface area contributed by atoms with E-state index in [4.69, 9.17) is 0 Å². The van der Waals surface area contributed by atoms with Crippen molar-refractivity contribution < 1.29 is 14.3 Å². The topological polar surface area (TPSA) is 67.2 Å². The van der Waals surface area contributed by atoms with E-state index in [-0.39, 0.29) is 18.3 Å². The molecule has 2 N–H and O–H groups in total. The molecule has 5 nitrogen and oxygen atoms in total. The number of amides is 1. The highest BCUT2D eigenvalue weighted by molar-refractivity contribution is 5.87. The van der Waals surface area contributed by atoms with Crippen LogP contribution in [0.25, 0.3) is 22.3 Å². The Hall–Kier alpha value is -2.73. The second-order valence-corrected chi connectivity index (χ2v) is 7.52. The van der Waals surface area contributed by atoms with Crippen molar-refractivity contribution in [2.24, 2.45) is 0 Å². The number of pyridine rings is 1. The van der Waals surface area contributed by atoms with Gasteiger partial charge in [0.05, 0.1) is 11.8 Å². The lowest BCUT2D eigenvalue weighted by Crippen LogP contribution is -2.46. The van der Waals surface area contributed by atoms with Crippen LogP contribution < -0.4 is 5.32 Å². The van der Waals surface area contributed by atoms with Crippen LogP contribution in [-0.2, 0) is 11.3 Å². The molecule has 0 saturated heterocycles. The van der Waals surface area contributed by atoms with E-state index in [0.717, 1.165) is 16.6 Å². The first kappa shape index (κ1) is 19.0. The summed E-state index contributed by atoms with van der Waals surface area (Å²) in [5.41, 5.74) is 1.77. The first-order valence-electron chi connectivity index (χ1n) is 8.94. The number of hydrogen-bond acceptors (Lipinski definition) is 3. The largest absolute Gasteiger partial charge is 0.393 e. The normalized spacial score (nSPS) is 12.9. The predicted molar refractivity (Wildman–Crippen MR) is 104 cm³/mol. The molecular weight excluding hydrogens is 345 g/mol. The molecule has 0 aliphatic heterocycles. The van der Waals surface area contributed by atoms with Crippen LogP contribution in [0, 0.1) is 5.82 Å². The quantitative estimate of drug-likeness (QED) is 0.699. The summed E-state index contributed by atoms with van der Waals surface area (Å²) in [4.78, 5) is 17.1. The fraction of sp³-hybridized carbons (Fsp3) is 0.333. The summed E-state index contributed by atoms with van der Waals surface area (Å²) in [6.45, 7) is 5.54. The second kappa shape index (κ2) is 7.48. The van der Waals surface area contributed by atoms with Gasteiger partial charge in [-0.05, 0) is 75.2 Å². The molecule has 0 aliphatic rings. The summed E-state index contributed by atoms with van der Waals surface area (Å²) in [5, 5.41) is 13.5.